The summed E-state index contributed by atoms with van der Waals surface area (Å²) < 4.78 is 43.7. The lowest BCUT2D eigenvalue weighted by Gasteiger charge is -2.23. The van der Waals surface area contributed by atoms with Crippen molar-refractivity contribution in [2.45, 2.75) is 63.7 Å². The number of rotatable bonds is 3. The van der Waals surface area contributed by atoms with Gasteiger partial charge in [0, 0.05) is 11.1 Å². The summed E-state index contributed by atoms with van der Waals surface area (Å²) in [5.74, 6) is -1.68. The summed E-state index contributed by atoms with van der Waals surface area (Å²) in [5, 5.41) is 0. The highest BCUT2D eigenvalue weighted by atomic mass is 19.2. The van der Waals surface area contributed by atoms with E-state index in [4.69, 9.17) is 0 Å². The van der Waals surface area contributed by atoms with Gasteiger partial charge in [-0.05, 0) is 73.3 Å². The smallest absolute Gasteiger partial charge is 0.166 e. The van der Waals surface area contributed by atoms with Crippen LogP contribution in [0.25, 0.3) is 16.7 Å². The van der Waals surface area contributed by atoms with E-state index in [-0.39, 0.29) is 11.4 Å². The van der Waals surface area contributed by atoms with Gasteiger partial charge in [0.1, 0.15) is 5.82 Å². The molecule has 27 heavy (non-hydrogen) atoms. The lowest BCUT2D eigenvalue weighted by molar-refractivity contribution is 0.442. The molecule has 0 spiro atoms. The van der Waals surface area contributed by atoms with Gasteiger partial charge in [0.2, 0.25) is 0 Å². The summed E-state index contributed by atoms with van der Waals surface area (Å²) >= 11 is 0. The molecule has 0 saturated heterocycles. The molecule has 0 atom stereocenters. The van der Waals surface area contributed by atoms with Crippen molar-refractivity contribution in [1.29, 1.82) is 0 Å². The Kier molecular flexibility index (Phi) is 5.38. The van der Waals surface area contributed by atoms with Crippen molar-refractivity contribution in [2.24, 2.45) is 0 Å². The number of benzene rings is 2. The summed E-state index contributed by atoms with van der Waals surface area (Å²) in [6.45, 7) is 0. The van der Waals surface area contributed by atoms with Gasteiger partial charge < -0.3 is 0 Å². The summed E-state index contributed by atoms with van der Waals surface area (Å²) in [4.78, 5) is 0. The van der Waals surface area contributed by atoms with Gasteiger partial charge in [0.15, 0.2) is 11.6 Å². The molecule has 0 heterocycles. The Hall–Kier alpha value is -2.03. The van der Waals surface area contributed by atoms with Gasteiger partial charge in [-0.25, -0.2) is 13.2 Å². The molecule has 0 N–H and O–H groups in total. The Morgan fingerprint density at radius 1 is 0.741 bits per heavy atom. The van der Waals surface area contributed by atoms with E-state index < -0.39 is 11.6 Å². The SMILES string of the molecule is Fc1cc(C2CCCCC2)ccc1-c1ccc(F)c(F)c1C1=CCCCC1. The van der Waals surface area contributed by atoms with E-state index in [0.29, 0.717) is 23.5 Å². The third kappa shape index (κ3) is 3.69. The first kappa shape index (κ1) is 18.3. The molecular weight excluding hydrogens is 345 g/mol. The molecule has 2 aromatic rings. The molecule has 0 bridgehead atoms. The Bertz CT molecular complexity index is 860. The number of hydrogen-bond acceptors (Lipinski definition) is 0. The fraction of sp³-hybridized carbons (Fsp3) is 0.417. The van der Waals surface area contributed by atoms with Crippen molar-refractivity contribution >= 4 is 5.57 Å². The lowest BCUT2D eigenvalue weighted by atomic mass is 9.83. The van der Waals surface area contributed by atoms with Crippen molar-refractivity contribution in [3.8, 4) is 11.1 Å². The highest BCUT2D eigenvalue weighted by Crippen LogP contribution is 2.39. The molecule has 0 radical (unpaired) electrons. The zero-order chi connectivity index (χ0) is 18.8. The summed E-state index contributed by atoms with van der Waals surface area (Å²) in [6.07, 6.45) is 11.4. The average Bonchev–Trinajstić information content (AvgIpc) is 2.71. The molecular formula is C24H25F3. The Morgan fingerprint density at radius 2 is 1.52 bits per heavy atom. The van der Waals surface area contributed by atoms with Gasteiger partial charge >= 0.3 is 0 Å². The minimum atomic E-state index is -0.876. The third-order valence-electron chi connectivity index (χ3n) is 6.07. The molecule has 2 aromatic carbocycles. The average molecular weight is 370 g/mol. The molecule has 142 valence electrons. The predicted molar refractivity (Wildman–Crippen MR) is 104 cm³/mol. The predicted octanol–water partition coefficient (Wildman–Crippen LogP) is 7.78. The maximum atomic E-state index is 15.0. The maximum absolute atomic E-state index is 15.0. The molecule has 0 aliphatic heterocycles. The second kappa shape index (κ2) is 7.92. The molecule has 0 amide bonds. The second-order valence-electron chi connectivity index (χ2n) is 7.83. The zero-order valence-electron chi connectivity index (χ0n) is 15.5. The molecule has 0 unspecified atom stereocenters. The summed E-state index contributed by atoms with van der Waals surface area (Å²) in [7, 11) is 0. The summed E-state index contributed by atoms with van der Waals surface area (Å²) in [6, 6.07) is 7.94. The zero-order valence-corrected chi connectivity index (χ0v) is 15.5. The monoisotopic (exact) mass is 370 g/mol. The summed E-state index contributed by atoms with van der Waals surface area (Å²) in [5.41, 5.74) is 2.87. The number of allylic oxidation sites excluding steroid dienone is 2. The molecule has 0 nitrogen and oxygen atoms in total. The van der Waals surface area contributed by atoms with Crippen LogP contribution in [0, 0.1) is 17.5 Å². The van der Waals surface area contributed by atoms with Gasteiger partial charge in [0.05, 0.1) is 0 Å². The molecule has 0 aromatic heterocycles. The van der Waals surface area contributed by atoms with Crippen LogP contribution in [-0.4, -0.2) is 0 Å². The first-order valence-electron chi connectivity index (χ1n) is 10.1. The van der Waals surface area contributed by atoms with Crippen LogP contribution in [0.4, 0.5) is 13.2 Å². The first-order valence-corrected chi connectivity index (χ1v) is 10.1. The maximum Gasteiger partial charge on any atom is 0.166 e. The topological polar surface area (TPSA) is 0 Å². The van der Waals surface area contributed by atoms with Crippen LogP contribution in [0.5, 0.6) is 0 Å². The quantitative estimate of drug-likeness (QED) is 0.517. The van der Waals surface area contributed by atoms with E-state index in [0.717, 1.165) is 49.3 Å². The highest BCUT2D eigenvalue weighted by Gasteiger charge is 2.22. The van der Waals surface area contributed by atoms with Gasteiger partial charge in [-0.1, -0.05) is 43.5 Å². The van der Waals surface area contributed by atoms with Crippen molar-refractivity contribution < 1.29 is 13.2 Å². The van der Waals surface area contributed by atoms with Gasteiger partial charge in [0.25, 0.3) is 0 Å². The third-order valence-corrected chi connectivity index (χ3v) is 6.07. The van der Waals surface area contributed by atoms with Crippen molar-refractivity contribution in [2.75, 3.05) is 0 Å². The van der Waals surface area contributed by atoms with Gasteiger partial charge in [-0.2, -0.15) is 0 Å². The van der Waals surface area contributed by atoms with Crippen molar-refractivity contribution in [3.63, 3.8) is 0 Å². The molecule has 2 aliphatic rings. The minimum absolute atomic E-state index is 0.235. The normalized spacial score (nSPS) is 18.4. The van der Waals surface area contributed by atoms with E-state index >= 15 is 4.39 Å². The largest absolute Gasteiger partial charge is 0.206 e. The Morgan fingerprint density at radius 3 is 2.22 bits per heavy atom. The lowest BCUT2D eigenvalue weighted by Crippen LogP contribution is -2.06. The molecule has 4 rings (SSSR count). The van der Waals surface area contributed by atoms with Crippen molar-refractivity contribution in [3.05, 3.63) is 65.0 Å². The second-order valence-corrected chi connectivity index (χ2v) is 7.83. The van der Waals surface area contributed by atoms with Crippen LogP contribution in [0.3, 0.4) is 0 Å². The van der Waals surface area contributed by atoms with E-state index in [2.05, 4.69) is 0 Å². The molecule has 3 heteroatoms. The molecule has 2 aliphatic carbocycles. The van der Waals surface area contributed by atoms with Gasteiger partial charge in [-0.15, -0.1) is 0 Å². The molecule has 1 fully saturated rings. The van der Waals surface area contributed by atoms with E-state index in [1.807, 2.05) is 12.1 Å². The molecule has 1 saturated carbocycles. The first-order chi connectivity index (χ1) is 13.1. The van der Waals surface area contributed by atoms with Crippen LogP contribution in [0.2, 0.25) is 0 Å². The number of halogens is 3. The van der Waals surface area contributed by atoms with E-state index in [9.17, 15) is 8.78 Å². The number of hydrogen-bond donors (Lipinski definition) is 0. The van der Waals surface area contributed by atoms with Crippen molar-refractivity contribution in [1.82, 2.24) is 0 Å². The van der Waals surface area contributed by atoms with E-state index in [1.165, 1.54) is 25.3 Å². The fourth-order valence-electron chi connectivity index (χ4n) is 4.59. The Balaban J connectivity index is 1.77. The van der Waals surface area contributed by atoms with Crippen LogP contribution >= 0.6 is 0 Å². The van der Waals surface area contributed by atoms with E-state index in [1.54, 1.807) is 12.1 Å². The van der Waals surface area contributed by atoms with Crippen LogP contribution in [0.1, 0.15) is 74.8 Å². The van der Waals surface area contributed by atoms with Crippen LogP contribution in [-0.2, 0) is 0 Å². The van der Waals surface area contributed by atoms with Crippen LogP contribution in [0.15, 0.2) is 36.4 Å². The fourth-order valence-corrected chi connectivity index (χ4v) is 4.59. The standard InChI is InChI=1S/C24H25F3/c25-21-14-13-20(23(24(21)27)17-9-5-2-6-10-17)19-12-11-18(15-22(19)26)16-7-3-1-4-8-16/h9,11-16H,1-8,10H2. The van der Waals surface area contributed by atoms with Gasteiger partial charge in [-0.3, -0.25) is 0 Å². The Labute approximate surface area is 159 Å². The highest BCUT2D eigenvalue weighted by molar-refractivity contribution is 5.82. The minimum Gasteiger partial charge on any atom is -0.206 e. The van der Waals surface area contributed by atoms with Crippen LogP contribution < -0.4 is 0 Å².